The number of nitrogens with two attached hydrogens (primary N) is 1. The predicted molar refractivity (Wildman–Crippen MR) is 59.8 cm³/mol. The molecule has 76 valence electrons. The van der Waals surface area contributed by atoms with Crippen molar-refractivity contribution in [3.8, 4) is 0 Å². The van der Waals surface area contributed by atoms with Gasteiger partial charge in [0.05, 0.1) is 0 Å². The molecule has 0 atom stereocenters. The molecule has 0 radical (unpaired) electrons. The minimum absolute atomic E-state index is 0.696. The summed E-state index contributed by atoms with van der Waals surface area (Å²) in [4.78, 5) is 3.35. The van der Waals surface area contributed by atoms with Crippen LogP contribution in [0.3, 0.4) is 0 Å². The van der Waals surface area contributed by atoms with Crippen LogP contribution in [-0.4, -0.2) is 37.6 Å². The summed E-state index contributed by atoms with van der Waals surface area (Å²) in [6.45, 7) is 3.18. The van der Waals surface area contributed by atoms with Gasteiger partial charge in [-0.2, -0.15) is 0 Å². The maximum Gasteiger partial charge on any atom is 0.0305 e. The molecular formula is C9H19N3S. The molecule has 13 heavy (non-hydrogen) atoms. The lowest BCUT2D eigenvalue weighted by Crippen LogP contribution is -2.41. The topological polar surface area (TPSA) is 41.3 Å². The van der Waals surface area contributed by atoms with Gasteiger partial charge in [-0.25, -0.2) is 0 Å². The van der Waals surface area contributed by atoms with Gasteiger partial charge in [-0.3, -0.25) is 4.90 Å². The maximum absolute atomic E-state index is 5.37. The molecule has 3 nitrogen and oxygen atoms in total. The molecule has 0 saturated carbocycles. The summed E-state index contributed by atoms with van der Waals surface area (Å²) >= 11 is 4.26. The third-order valence-electron chi connectivity index (χ3n) is 2.57. The van der Waals surface area contributed by atoms with Crippen LogP contribution in [-0.2, 0) is 0 Å². The second-order valence-corrected chi connectivity index (χ2v) is 4.07. The number of hydrogen-bond donors (Lipinski definition) is 3. The molecule has 1 aliphatic heterocycles. The van der Waals surface area contributed by atoms with Crippen molar-refractivity contribution >= 4 is 12.6 Å². The minimum Gasteiger partial charge on any atom is -0.404 e. The lowest BCUT2D eigenvalue weighted by atomic mass is 10.1. The first-order valence-corrected chi connectivity index (χ1v) is 5.20. The van der Waals surface area contributed by atoms with Crippen molar-refractivity contribution in [2.24, 2.45) is 5.73 Å². The van der Waals surface area contributed by atoms with E-state index in [1.54, 1.807) is 6.20 Å². The summed E-state index contributed by atoms with van der Waals surface area (Å²) in [5.74, 6) is 0. The highest BCUT2D eigenvalue weighted by molar-refractivity contribution is 7.84. The zero-order chi connectivity index (χ0) is 9.68. The van der Waals surface area contributed by atoms with Crippen LogP contribution >= 0.6 is 12.6 Å². The minimum atomic E-state index is 0.696. The summed E-state index contributed by atoms with van der Waals surface area (Å²) < 4.78 is 0. The molecule has 0 aromatic carbocycles. The molecule has 0 aromatic heterocycles. The molecule has 0 unspecified atom stereocenters. The molecule has 1 fully saturated rings. The fourth-order valence-electron chi connectivity index (χ4n) is 1.66. The van der Waals surface area contributed by atoms with Crippen molar-refractivity contribution in [3.05, 3.63) is 11.1 Å². The maximum atomic E-state index is 5.37. The zero-order valence-electron chi connectivity index (χ0n) is 8.16. The highest BCUT2D eigenvalue weighted by Gasteiger charge is 2.17. The number of piperidine rings is 1. The van der Waals surface area contributed by atoms with Gasteiger partial charge in [0.15, 0.2) is 0 Å². The van der Waals surface area contributed by atoms with E-state index in [0.29, 0.717) is 6.04 Å². The molecule has 1 rings (SSSR count). The third-order valence-corrected chi connectivity index (χ3v) is 2.86. The van der Waals surface area contributed by atoms with Crippen LogP contribution in [0.25, 0.3) is 0 Å². The van der Waals surface area contributed by atoms with Crippen LogP contribution < -0.4 is 11.1 Å². The summed E-state index contributed by atoms with van der Waals surface area (Å²) in [6, 6.07) is 0.696. The molecule has 1 saturated heterocycles. The van der Waals surface area contributed by atoms with Gasteiger partial charge in [0.25, 0.3) is 0 Å². The van der Waals surface area contributed by atoms with Crippen LogP contribution in [0, 0.1) is 0 Å². The van der Waals surface area contributed by atoms with E-state index < -0.39 is 0 Å². The number of thiol groups is 1. The van der Waals surface area contributed by atoms with E-state index in [-0.39, 0.29) is 0 Å². The standard InChI is InChI=1S/C9H19N3S/c1-11-8-2-4-12(5-3-8)7-9(13)6-10/h6,8,11,13H,2-5,7,10H2,1H3/b9-6-. The molecule has 0 aromatic rings. The fraction of sp³-hybridized carbons (Fsp3) is 0.778. The van der Waals surface area contributed by atoms with E-state index in [0.717, 1.165) is 24.5 Å². The molecule has 4 heteroatoms. The van der Waals surface area contributed by atoms with Crippen molar-refractivity contribution in [2.45, 2.75) is 18.9 Å². The first-order valence-electron chi connectivity index (χ1n) is 4.75. The van der Waals surface area contributed by atoms with Gasteiger partial charge in [0.1, 0.15) is 0 Å². The number of nitrogens with one attached hydrogen (secondary N) is 1. The molecule has 3 N–H and O–H groups in total. The average Bonchev–Trinajstić information content (AvgIpc) is 2.19. The van der Waals surface area contributed by atoms with Gasteiger partial charge >= 0.3 is 0 Å². The van der Waals surface area contributed by atoms with Crippen LogP contribution in [0.2, 0.25) is 0 Å². The largest absolute Gasteiger partial charge is 0.404 e. The highest BCUT2D eigenvalue weighted by Crippen LogP contribution is 2.12. The van der Waals surface area contributed by atoms with Crippen molar-refractivity contribution in [3.63, 3.8) is 0 Å². The Hall–Kier alpha value is -0.190. The molecular weight excluding hydrogens is 182 g/mol. The van der Waals surface area contributed by atoms with Crippen LogP contribution in [0.4, 0.5) is 0 Å². The molecule has 1 heterocycles. The smallest absolute Gasteiger partial charge is 0.0305 e. The second-order valence-electron chi connectivity index (χ2n) is 3.50. The number of hydrogen-bond acceptors (Lipinski definition) is 4. The Kier molecular flexibility index (Phi) is 4.62. The van der Waals surface area contributed by atoms with E-state index in [9.17, 15) is 0 Å². The SMILES string of the molecule is CNC1CCN(C/C(S)=C/N)CC1. The second kappa shape index (κ2) is 5.52. The van der Waals surface area contributed by atoms with Gasteiger partial charge in [-0.05, 0) is 33.0 Å². The fourth-order valence-corrected chi connectivity index (χ4v) is 1.86. The number of nitrogens with zero attached hydrogens (tertiary/aromatic N) is 1. The van der Waals surface area contributed by atoms with Crippen LogP contribution in [0.1, 0.15) is 12.8 Å². The Morgan fingerprint density at radius 1 is 1.62 bits per heavy atom. The molecule has 0 amide bonds. The quantitative estimate of drug-likeness (QED) is 0.579. The van der Waals surface area contributed by atoms with E-state index in [1.165, 1.54) is 12.8 Å². The van der Waals surface area contributed by atoms with Gasteiger partial charge in [-0.1, -0.05) is 0 Å². The third kappa shape index (κ3) is 3.58. The Bertz CT molecular complexity index is 174. The first-order chi connectivity index (χ1) is 6.26. The number of likely N-dealkylation sites (tertiary alicyclic amines) is 1. The summed E-state index contributed by atoms with van der Waals surface area (Å²) in [7, 11) is 2.03. The van der Waals surface area contributed by atoms with Crippen LogP contribution in [0.15, 0.2) is 11.1 Å². The van der Waals surface area contributed by atoms with E-state index >= 15 is 0 Å². The van der Waals surface area contributed by atoms with Crippen molar-refractivity contribution < 1.29 is 0 Å². The molecule has 0 bridgehead atoms. The summed E-state index contributed by atoms with van der Waals surface area (Å²) in [6.07, 6.45) is 4.03. The molecule has 1 aliphatic rings. The Labute approximate surface area is 85.8 Å². The highest BCUT2D eigenvalue weighted by atomic mass is 32.1. The normalized spacial score (nSPS) is 22.2. The predicted octanol–water partition coefficient (Wildman–Crippen LogP) is 0.400. The Morgan fingerprint density at radius 3 is 2.69 bits per heavy atom. The zero-order valence-corrected chi connectivity index (χ0v) is 9.06. The van der Waals surface area contributed by atoms with E-state index in [2.05, 4.69) is 22.8 Å². The summed E-state index contributed by atoms with van der Waals surface area (Å²) in [5, 5.41) is 3.31. The monoisotopic (exact) mass is 201 g/mol. The first kappa shape index (κ1) is 10.9. The van der Waals surface area contributed by atoms with Gasteiger partial charge in [-0.15, -0.1) is 12.6 Å². The van der Waals surface area contributed by atoms with Gasteiger partial charge in [0.2, 0.25) is 0 Å². The Balaban J connectivity index is 2.25. The van der Waals surface area contributed by atoms with Crippen molar-refractivity contribution in [2.75, 3.05) is 26.7 Å². The average molecular weight is 201 g/mol. The van der Waals surface area contributed by atoms with Crippen molar-refractivity contribution in [1.82, 2.24) is 10.2 Å². The van der Waals surface area contributed by atoms with Crippen molar-refractivity contribution in [1.29, 1.82) is 0 Å². The van der Waals surface area contributed by atoms with Crippen LogP contribution in [0.5, 0.6) is 0 Å². The summed E-state index contributed by atoms with van der Waals surface area (Å²) in [5.41, 5.74) is 5.37. The molecule has 0 aliphatic carbocycles. The van der Waals surface area contributed by atoms with Gasteiger partial charge in [0, 0.05) is 23.7 Å². The van der Waals surface area contributed by atoms with E-state index in [1.807, 2.05) is 7.05 Å². The van der Waals surface area contributed by atoms with E-state index in [4.69, 9.17) is 5.73 Å². The lowest BCUT2D eigenvalue weighted by Gasteiger charge is -2.31. The lowest BCUT2D eigenvalue weighted by molar-refractivity contribution is 0.219. The molecule has 0 spiro atoms. The Morgan fingerprint density at radius 2 is 2.23 bits per heavy atom. The van der Waals surface area contributed by atoms with Gasteiger partial charge < -0.3 is 11.1 Å². The number of rotatable bonds is 3.